The molecule has 2 rings (SSSR count). The molecular formula is C15H28N2O. The maximum absolute atomic E-state index is 12.3. The van der Waals surface area contributed by atoms with Gasteiger partial charge < -0.3 is 10.6 Å². The summed E-state index contributed by atoms with van der Waals surface area (Å²) in [5.41, 5.74) is 0.489. The van der Waals surface area contributed by atoms with Gasteiger partial charge in [-0.2, -0.15) is 0 Å². The monoisotopic (exact) mass is 252 g/mol. The second-order valence-corrected chi connectivity index (χ2v) is 7.21. The molecule has 18 heavy (non-hydrogen) atoms. The Hall–Kier alpha value is -0.570. The highest BCUT2D eigenvalue weighted by Crippen LogP contribution is 2.42. The summed E-state index contributed by atoms with van der Waals surface area (Å²) in [7, 11) is 0. The molecule has 1 amide bonds. The van der Waals surface area contributed by atoms with E-state index >= 15 is 0 Å². The highest BCUT2D eigenvalue weighted by atomic mass is 16.1. The van der Waals surface area contributed by atoms with Crippen molar-refractivity contribution in [3.05, 3.63) is 0 Å². The molecule has 1 aliphatic carbocycles. The summed E-state index contributed by atoms with van der Waals surface area (Å²) in [5.74, 6) is 0.514. The Balaban J connectivity index is 1.84. The van der Waals surface area contributed by atoms with Gasteiger partial charge in [0.25, 0.3) is 0 Å². The third kappa shape index (κ3) is 3.05. The first-order valence-corrected chi connectivity index (χ1v) is 7.41. The SMILES string of the molecule is CC1(CNC(=O)C2CCCC2(C)C)CCNCC1. The summed E-state index contributed by atoms with van der Waals surface area (Å²) in [6.07, 6.45) is 5.79. The molecular weight excluding hydrogens is 224 g/mol. The average molecular weight is 252 g/mol. The fraction of sp³-hybridized carbons (Fsp3) is 0.933. The molecule has 2 N–H and O–H groups in total. The summed E-state index contributed by atoms with van der Waals surface area (Å²) in [6.45, 7) is 9.78. The molecule has 1 heterocycles. The second-order valence-electron chi connectivity index (χ2n) is 7.21. The van der Waals surface area contributed by atoms with Gasteiger partial charge in [0.2, 0.25) is 5.91 Å². The number of carbonyl (C=O) groups is 1. The molecule has 3 nitrogen and oxygen atoms in total. The van der Waals surface area contributed by atoms with Crippen LogP contribution in [0.5, 0.6) is 0 Å². The van der Waals surface area contributed by atoms with E-state index < -0.39 is 0 Å². The lowest BCUT2D eigenvalue weighted by molar-refractivity contribution is -0.128. The lowest BCUT2D eigenvalue weighted by Crippen LogP contribution is -2.45. The Morgan fingerprint density at radius 2 is 1.89 bits per heavy atom. The minimum atomic E-state index is 0.194. The zero-order valence-corrected chi connectivity index (χ0v) is 12.1. The number of rotatable bonds is 3. The Morgan fingerprint density at radius 3 is 2.44 bits per heavy atom. The van der Waals surface area contributed by atoms with E-state index in [-0.39, 0.29) is 17.2 Å². The van der Waals surface area contributed by atoms with E-state index in [0.29, 0.717) is 5.41 Å². The number of nitrogens with one attached hydrogen (secondary N) is 2. The molecule has 1 atom stereocenters. The number of hydrogen-bond donors (Lipinski definition) is 2. The maximum Gasteiger partial charge on any atom is 0.223 e. The first kappa shape index (κ1) is 13.9. The summed E-state index contributed by atoms with van der Waals surface area (Å²) >= 11 is 0. The summed E-state index contributed by atoms with van der Waals surface area (Å²) in [6, 6.07) is 0. The van der Waals surface area contributed by atoms with Gasteiger partial charge in [-0.3, -0.25) is 4.79 Å². The van der Waals surface area contributed by atoms with E-state index in [4.69, 9.17) is 0 Å². The minimum Gasteiger partial charge on any atom is -0.355 e. The molecule has 3 heteroatoms. The molecule has 1 unspecified atom stereocenters. The van der Waals surface area contributed by atoms with Gasteiger partial charge in [-0.15, -0.1) is 0 Å². The van der Waals surface area contributed by atoms with Crippen molar-refractivity contribution in [2.24, 2.45) is 16.7 Å². The van der Waals surface area contributed by atoms with Gasteiger partial charge in [0.05, 0.1) is 0 Å². The minimum absolute atomic E-state index is 0.194. The van der Waals surface area contributed by atoms with Crippen LogP contribution in [-0.2, 0) is 4.79 Å². The van der Waals surface area contributed by atoms with Crippen molar-refractivity contribution in [3.63, 3.8) is 0 Å². The average Bonchev–Trinajstić information content (AvgIpc) is 2.67. The van der Waals surface area contributed by atoms with Crippen LogP contribution in [0.2, 0.25) is 0 Å². The Kier molecular flexibility index (Phi) is 4.00. The predicted molar refractivity (Wildman–Crippen MR) is 74.3 cm³/mol. The predicted octanol–water partition coefficient (Wildman–Crippen LogP) is 2.32. The number of amides is 1. The van der Waals surface area contributed by atoms with E-state index in [1.54, 1.807) is 0 Å². The Morgan fingerprint density at radius 1 is 1.22 bits per heavy atom. The van der Waals surface area contributed by atoms with E-state index in [1.807, 2.05) is 0 Å². The van der Waals surface area contributed by atoms with Gasteiger partial charge in [0.15, 0.2) is 0 Å². The van der Waals surface area contributed by atoms with Crippen LogP contribution in [0.25, 0.3) is 0 Å². The van der Waals surface area contributed by atoms with Crippen LogP contribution in [0, 0.1) is 16.7 Å². The molecule has 0 aromatic carbocycles. The van der Waals surface area contributed by atoms with E-state index in [9.17, 15) is 4.79 Å². The van der Waals surface area contributed by atoms with Crippen molar-refractivity contribution >= 4 is 5.91 Å². The second kappa shape index (κ2) is 5.20. The molecule has 1 saturated heterocycles. The van der Waals surface area contributed by atoms with Crippen molar-refractivity contribution in [1.29, 1.82) is 0 Å². The van der Waals surface area contributed by atoms with Gasteiger partial charge in [0.1, 0.15) is 0 Å². The summed E-state index contributed by atoms with van der Waals surface area (Å²) in [4.78, 5) is 12.3. The molecule has 0 aromatic rings. The topological polar surface area (TPSA) is 41.1 Å². The standard InChI is InChI=1S/C15H28N2O/c1-14(2)6-4-5-12(14)13(18)17-11-15(3)7-9-16-10-8-15/h12,16H,4-11H2,1-3H3,(H,17,18). The molecule has 0 aromatic heterocycles. The van der Waals surface area contributed by atoms with Gasteiger partial charge in [-0.25, -0.2) is 0 Å². The lowest BCUT2D eigenvalue weighted by atomic mass is 9.79. The van der Waals surface area contributed by atoms with Crippen LogP contribution in [0.3, 0.4) is 0 Å². The van der Waals surface area contributed by atoms with Gasteiger partial charge >= 0.3 is 0 Å². The maximum atomic E-state index is 12.3. The van der Waals surface area contributed by atoms with Gasteiger partial charge in [-0.05, 0) is 49.6 Å². The van der Waals surface area contributed by atoms with Crippen LogP contribution in [-0.4, -0.2) is 25.5 Å². The fourth-order valence-electron chi connectivity index (χ4n) is 3.44. The fourth-order valence-corrected chi connectivity index (χ4v) is 3.44. The molecule has 2 aliphatic rings. The number of piperidine rings is 1. The number of carbonyl (C=O) groups excluding carboxylic acids is 1. The van der Waals surface area contributed by atoms with Crippen molar-refractivity contribution in [2.45, 2.75) is 52.9 Å². The Labute approximate surface area is 111 Å². The van der Waals surface area contributed by atoms with Crippen LogP contribution < -0.4 is 10.6 Å². The number of hydrogen-bond acceptors (Lipinski definition) is 2. The normalized spacial score (nSPS) is 30.1. The first-order chi connectivity index (χ1) is 8.43. The highest BCUT2D eigenvalue weighted by molar-refractivity contribution is 5.79. The molecule has 104 valence electrons. The van der Waals surface area contributed by atoms with E-state index in [2.05, 4.69) is 31.4 Å². The van der Waals surface area contributed by atoms with Crippen LogP contribution in [0.4, 0.5) is 0 Å². The van der Waals surface area contributed by atoms with Crippen molar-refractivity contribution in [3.8, 4) is 0 Å². The smallest absolute Gasteiger partial charge is 0.223 e. The largest absolute Gasteiger partial charge is 0.355 e. The van der Waals surface area contributed by atoms with E-state index in [1.165, 1.54) is 25.7 Å². The van der Waals surface area contributed by atoms with Crippen molar-refractivity contribution in [1.82, 2.24) is 10.6 Å². The lowest BCUT2D eigenvalue weighted by Gasteiger charge is -2.35. The van der Waals surface area contributed by atoms with Gasteiger partial charge in [-0.1, -0.05) is 27.2 Å². The molecule has 0 radical (unpaired) electrons. The first-order valence-electron chi connectivity index (χ1n) is 7.41. The van der Waals surface area contributed by atoms with Crippen LogP contribution in [0.1, 0.15) is 52.9 Å². The van der Waals surface area contributed by atoms with Crippen LogP contribution in [0.15, 0.2) is 0 Å². The zero-order chi connectivity index (χ0) is 13.2. The summed E-state index contributed by atoms with van der Waals surface area (Å²) < 4.78 is 0. The third-order valence-electron chi connectivity index (χ3n) is 5.07. The van der Waals surface area contributed by atoms with E-state index in [0.717, 1.165) is 26.1 Å². The van der Waals surface area contributed by atoms with Gasteiger partial charge in [0, 0.05) is 12.5 Å². The third-order valence-corrected chi connectivity index (χ3v) is 5.07. The molecule has 1 aliphatic heterocycles. The molecule has 0 spiro atoms. The highest BCUT2D eigenvalue weighted by Gasteiger charge is 2.39. The quantitative estimate of drug-likeness (QED) is 0.809. The van der Waals surface area contributed by atoms with Crippen molar-refractivity contribution < 1.29 is 4.79 Å². The molecule has 1 saturated carbocycles. The molecule has 0 bridgehead atoms. The van der Waals surface area contributed by atoms with Crippen LogP contribution >= 0.6 is 0 Å². The zero-order valence-electron chi connectivity index (χ0n) is 12.1. The van der Waals surface area contributed by atoms with Crippen molar-refractivity contribution in [2.75, 3.05) is 19.6 Å². The summed E-state index contributed by atoms with van der Waals surface area (Å²) in [5, 5.41) is 6.61. The Bertz CT molecular complexity index is 306. The molecule has 2 fully saturated rings.